The predicted octanol–water partition coefficient (Wildman–Crippen LogP) is 2.17. The molecular weight excluding hydrogens is 1080 g/mol. The highest BCUT2D eigenvalue weighted by Gasteiger charge is 2.33. The van der Waals surface area contributed by atoms with Crippen molar-refractivity contribution < 1.29 is 57.5 Å². The van der Waals surface area contributed by atoms with E-state index in [4.69, 9.17) is 34.4 Å². The van der Waals surface area contributed by atoms with Gasteiger partial charge in [0.1, 0.15) is 0 Å². The van der Waals surface area contributed by atoms with E-state index in [1.54, 1.807) is 30.3 Å². The van der Waals surface area contributed by atoms with Gasteiger partial charge in [-0.1, -0.05) is 122 Å². The van der Waals surface area contributed by atoms with Gasteiger partial charge in [-0.25, -0.2) is 0 Å². The third-order valence-electron chi connectivity index (χ3n) is 13.6. The first kappa shape index (κ1) is 69.5. The van der Waals surface area contributed by atoms with Crippen LogP contribution in [0, 0.1) is 11.8 Å². The lowest BCUT2D eigenvalue weighted by molar-refractivity contribution is -0.134. The maximum absolute atomic E-state index is 13.7. The quantitative estimate of drug-likeness (QED) is 0.0286. The fraction of sp³-hybridized carbons (Fsp3) is 0.419. The van der Waals surface area contributed by atoms with E-state index in [0.29, 0.717) is 57.2 Å². The molecular formula is C62H82N10O12. The first-order valence-corrected chi connectivity index (χ1v) is 28.2. The van der Waals surface area contributed by atoms with Gasteiger partial charge in [-0.3, -0.25) is 57.5 Å². The monoisotopic (exact) mass is 1160 g/mol. The number of ketones is 4. The van der Waals surface area contributed by atoms with Crippen molar-refractivity contribution in [1.29, 1.82) is 0 Å². The number of hydrogen-bond donors (Lipinski definition) is 10. The number of primary amides is 4. The average Bonchev–Trinajstić information content (AvgIpc) is 3.47. The SMILES string of the molecule is NCCCC[C@H](CC(=O)[C@H](Cc1ccccc1)NC(=O)CCc1ccccc1)C(=O)N[C@@H](CC(N)=O)C(=O)CCC(N)=O.NCCCC[C@H](CC(=O)[C@H](Cc1ccccc1)NC(=O)c1ccccc1)C(=O)N[C@@H](CC(N)=O)C(=O)CCC(N)=O. The second-order valence-corrected chi connectivity index (χ2v) is 20.5. The van der Waals surface area contributed by atoms with Crippen molar-refractivity contribution >= 4 is 70.4 Å². The van der Waals surface area contributed by atoms with Crippen molar-refractivity contribution in [1.82, 2.24) is 21.3 Å². The van der Waals surface area contributed by atoms with E-state index in [9.17, 15) is 57.5 Å². The minimum atomic E-state index is -1.26. The lowest BCUT2D eigenvalue weighted by Gasteiger charge is -2.24. The standard InChI is InChI=1S/C32H43N5O6.C30H39N5O6/c33-18-8-7-13-24(32(43)37-26(21-30(35)41)27(38)15-16-29(34)40)20-28(39)25(19-23-11-5-2-6-12-23)36-31(42)17-14-22-9-3-1-4-10-22;31-16-8-7-13-22(30(41)35-24(19-28(33)39)25(36)14-15-27(32)38)18-26(37)23(17-20-9-3-1-4-10-20)34-29(40)21-11-5-2-6-12-21/h1-6,9-12,24-26H,7-8,13-21,33H2,(H2,34,40)(H2,35,41)(H,36,42)(H,37,43);1-6,9-12,22-24H,7-8,13-19,31H2,(H2,32,38)(H2,33,39)(H,34,40)(H,35,41)/t24-,25+,26+;22-,23+,24+/m11/s1. The molecule has 84 heavy (non-hydrogen) atoms. The first-order valence-electron chi connectivity index (χ1n) is 28.2. The van der Waals surface area contributed by atoms with E-state index in [0.717, 1.165) is 16.7 Å². The van der Waals surface area contributed by atoms with Gasteiger partial charge in [0.25, 0.3) is 5.91 Å². The molecule has 16 N–H and O–H groups in total. The molecule has 4 rings (SSSR count). The number of unbranched alkanes of at least 4 members (excludes halogenated alkanes) is 2. The Bertz CT molecular complexity index is 2790. The number of Topliss-reactive ketones (excluding diaryl/α,β-unsaturated/α-hetero) is 4. The van der Waals surface area contributed by atoms with Gasteiger partial charge >= 0.3 is 0 Å². The summed E-state index contributed by atoms with van der Waals surface area (Å²) in [5.41, 5.74) is 35.1. The van der Waals surface area contributed by atoms with E-state index in [1.165, 1.54) is 0 Å². The van der Waals surface area contributed by atoms with Gasteiger partial charge in [0.2, 0.25) is 41.4 Å². The largest absolute Gasteiger partial charge is 0.370 e. The summed E-state index contributed by atoms with van der Waals surface area (Å²) in [5, 5.41) is 10.8. The maximum Gasteiger partial charge on any atom is 0.251 e. The third-order valence-corrected chi connectivity index (χ3v) is 13.6. The summed E-state index contributed by atoms with van der Waals surface area (Å²) in [4.78, 5) is 151. The van der Waals surface area contributed by atoms with Crippen molar-refractivity contribution in [3.8, 4) is 0 Å². The zero-order valence-electron chi connectivity index (χ0n) is 47.5. The van der Waals surface area contributed by atoms with Crippen LogP contribution in [0.3, 0.4) is 0 Å². The molecule has 22 heteroatoms. The number of rotatable bonds is 40. The Labute approximate surface area is 490 Å². The molecule has 6 atom stereocenters. The molecule has 0 bridgehead atoms. The summed E-state index contributed by atoms with van der Waals surface area (Å²) >= 11 is 0. The Hall–Kier alpha value is -8.76. The predicted molar refractivity (Wildman–Crippen MR) is 315 cm³/mol. The number of aryl methyl sites for hydroxylation is 1. The molecule has 4 aromatic carbocycles. The highest BCUT2D eigenvalue weighted by Crippen LogP contribution is 2.20. The Morgan fingerprint density at radius 3 is 1.10 bits per heavy atom. The highest BCUT2D eigenvalue weighted by molar-refractivity contribution is 6.00. The molecule has 0 aliphatic carbocycles. The van der Waals surface area contributed by atoms with Crippen LogP contribution in [0.15, 0.2) is 121 Å². The van der Waals surface area contributed by atoms with E-state index in [2.05, 4.69) is 21.3 Å². The maximum atomic E-state index is 13.7. The highest BCUT2D eigenvalue weighted by atomic mass is 16.2. The van der Waals surface area contributed by atoms with Crippen molar-refractivity contribution in [2.75, 3.05) is 13.1 Å². The molecule has 22 nitrogen and oxygen atoms in total. The molecule has 0 aliphatic heterocycles. The summed E-state index contributed by atoms with van der Waals surface area (Å²) in [6.45, 7) is 0.786. The van der Waals surface area contributed by atoms with Crippen molar-refractivity contribution in [2.24, 2.45) is 46.2 Å². The van der Waals surface area contributed by atoms with Crippen molar-refractivity contribution in [3.63, 3.8) is 0 Å². The molecule has 0 saturated heterocycles. The molecule has 452 valence electrons. The molecule has 4 aromatic rings. The number of benzene rings is 4. The smallest absolute Gasteiger partial charge is 0.251 e. The molecule has 8 amide bonds. The van der Waals surface area contributed by atoms with E-state index in [1.807, 2.05) is 91.0 Å². The van der Waals surface area contributed by atoms with Crippen molar-refractivity contribution in [2.45, 2.75) is 140 Å². The fourth-order valence-corrected chi connectivity index (χ4v) is 9.00. The molecule has 0 unspecified atom stereocenters. The van der Waals surface area contributed by atoms with Crippen LogP contribution in [0.1, 0.15) is 123 Å². The Morgan fingerprint density at radius 1 is 0.357 bits per heavy atom. The van der Waals surface area contributed by atoms with Crippen LogP contribution in [0.5, 0.6) is 0 Å². The average molecular weight is 1160 g/mol. The molecule has 0 saturated carbocycles. The second-order valence-electron chi connectivity index (χ2n) is 20.5. The molecule has 0 aromatic heterocycles. The summed E-state index contributed by atoms with van der Waals surface area (Å²) in [6.07, 6.45) is 1.68. The minimum Gasteiger partial charge on any atom is -0.370 e. The second kappa shape index (κ2) is 38.9. The minimum absolute atomic E-state index is 0.186. The van der Waals surface area contributed by atoms with Gasteiger partial charge in [0.15, 0.2) is 23.1 Å². The molecule has 0 radical (unpaired) electrons. The van der Waals surface area contributed by atoms with Crippen LogP contribution in [-0.4, -0.2) is 108 Å². The van der Waals surface area contributed by atoms with Gasteiger partial charge in [0, 0.05) is 62.3 Å². The van der Waals surface area contributed by atoms with Gasteiger partial charge < -0.3 is 55.7 Å². The zero-order chi connectivity index (χ0) is 61.8. The Morgan fingerprint density at radius 2 is 0.726 bits per heavy atom. The summed E-state index contributed by atoms with van der Waals surface area (Å²) in [5.74, 6) is -8.49. The number of carbonyl (C=O) groups is 12. The normalized spacial score (nSPS) is 12.9. The van der Waals surface area contributed by atoms with Crippen LogP contribution in [-0.2, 0) is 72.0 Å². The van der Waals surface area contributed by atoms with E-state index in [-0.39, 0.29) is 81.7 Å². The van der Waals surface area contributed by atoms with Gasteiger partial charge in [-0.05, 0) is 86.9 Å². The van der Waals surface area contributed by atoms with Gasteiger partial charge in [0.05, 0.1) is 37.0 Å². The lowest BCUT2D eigenvalue weighted by Crippen LogP contribution is -2.48. The zero-order valence-corrected chi connectivity index (χ0v) is 47.5. The van der Waals surface area contributed by atoms with Crippen LogP contribution >= 0.6 is 0 Å². The Balaban J connectivity index is 0.000000441. The first-order chi connectivity index (χ1) is 40.2. The third kappa shape index (κ3) is 28.3. The number of carbonyl (C=O) groups excluding carboxylic acids is 12. The summed E-state index contributed by atoms with van der Waals surface area (Å²) in [7, 11) is 0. The van der Waals surface area contributed by atoms with E-state index >= 15 is 0 Å². The lowest BCUT2D eigenvalue weighted by atomic mass is 9.90. The Kier molecular flexibility index (Phi) is 32.2. The van der Waals surface area contributed by atoms with Crippen LogP contribution < -0.4 is 55.7 Å². The summed E-state index contributed by atoms with van der Waals surface area (Å²) in [6, 6.07) is 32.1. The van der Waals surface area contributed by atoms with Crippen LogP contribution in [0.2, 0.25) is 0 Å². The van der Waals surface area contributed by atoms with Crippen molar-refractivity contribution in [3.05, 3.63) is 144 Å². The molecule has 0 fully saturated rings. The van der Waals surface area contributed by atoms with Gasteiger partial charge in [-0.2, -0.15) is 0 Å². The van der Waals surface area contributed by atoms with E-state index < -0.39 is 102 Å². The number of amides is 8. The number of nitrogens with one attached hydrogen (secondary N) is 4. The number of hydrogen-bond acceptors (Lipinski definition) is 14. The summed E-state index contributed by atoms with van der Waals surface area (Å²) < 4.78 is 0. The topological polar surface area (TPSA) is 409 Å². The molecule has 0 aliphatic rings. The number of nitrogens with two attached hydrogens (primary N) is 6. The van der Waals surface area contributed by atoms with Gasteiger partial charge in [-0.15, -0.1) is 0 Å². The van der Waals surface area contributed by atoms with Crippen LogP contribution in [0.4, 0.5) is 0 Å². The van der Waals surface area contributed by atoms with Crippen LogP contribution in [0.25, 0.3) is 0 Å². The molecule has 0 heterocycles. The fourth-order valence-electron chi connectivity index (χ4n) is 9.00. The molecule has 0 spiro atoms.